The molecule has 0 unspecified atom stereocenters. The van der Waals surface area contributed by atoms with Crippen molar-refractivity contribution in [1.82, 2.24) is 0 Å². The molecule has 2 N–H and O–H groups in total. The Morgan fingerprint density at radius 1 is 1.16 bits per heavy atom. The average Bonchev–Trinajstić information content (AvgIpc) is 2.59. The van der Waals surface area contributed by atoms with Crippen LogP contribution in [0.25, 0.3) is 5.76 Å². The smallest absolute Gasteiger partial charge is 0.296 e. The van der Waals surface area contributed by atoms with Crippen LogP contribution in [0, 0.1) is 13.8 Å². The van der Waals surface area contributed by atoms with Gasteiger partial charge in [-0.05, 0) is 65.2 Å². The molecule has 0 saturated carbocycles. The zero-order valence-corrected chi connectivity index (χ0v) is 15.7. The van der Waals surface area contributed by atoms with Gasteiger partial charge in [-0.25, -0.2) is 0 Å². The molecule has 0 bridgehead atoms. The fourth-order valence-electron chi connectivity index (χ4n) is 2.12. The zero-order chi connectivity index (χ0) is 18.6. The maximum absolute atomic E-state index is 12.1. The summed E-state index contributed by atoms with van der Waals surface area (Å²) in [4.78, 5) is 24.1. The Bertz CT molecular complexity index is 858. The number of halogens is 1. The predicted molar refractivity (Wildman–Crippen MR) is 101 cm³/mol. The summed E-state index contributed by atoms with van der Waals surface area (Å²) in [6.45, 7) is 3.86. The molecule has 25 heavy (non-hydrogen) atoms. The van der Waals surface area contributed by atoms with Crippen molar-refractivity contribution in [2.45, 2.75) is 13.8 Å². The van der Waals surface area contributed by atoms with Crippen LogP contribution in [-0.2, 0) is 9.59 Å². The topological polar surface area (TPSA) is 75.6 Å². The van der Waals surface area contributed by atoms with Crippen LogP contribution in [0.1, 0.15) is 16.7 Å². The van der Waals surface area contributed by atoms with E-state index in [1.165, 1.54) is 7.11 Å². The molecule has 0 aromatic heterocycles. The van der Waals surface area contributed by atoms with Crippen LogP contribution in [0.3, 0.4) is 0 Å². The first-order chi connectivity index (χ1) is 11.8. The van der Waals surface area contributed by atoms with Crippen LogP contribution >= 0.6 is 15.9 Å². The lowest BCUT2D eigenvalue weighted by molar-refractivity contribution is -0.132. The molecule has 2 rings (SSSR count). The van der Waals surface area contributed by atoms with Crippen LogP contribution in [0.15, 0.2) is 46.9 Å². The van der Waals surface area contributed by atoms with E-state index in [4.69, 9.17) is 4.74 Å². The number of methoxy groups -OCH3 is 1. The number of benzene rings is 2. The van der Waals surface area contributed by atoms with Gasteiger partial charge in [0, 0.05) is 16.1 Å². The molecule has 0 atom stereocenters. The molecule has 2 aromatic carbocycles. The first kappa shape index (κ1) is 18.7. The number of ether oxygens (including phenoxy) is 1. The number of rotatable bonds is 5. The number of aliphatic hydroxyl groups excluding tert-OH is 1. The van der Waals surface area contributed by atoms with Gasteiger partial charge in [0.25, 0.3) is 5.91 Å². The molecular formula is C19H18BrNO4. The van der Waals surface area contributed by atoms with Crippen molar-refractivity contribution in [2.75, 3.05) is 12.4 Å². The molecule has 2 aromatic rings. The number of carbonyl (C=O) groups is 2. The van der Waals surface area contributed by atoms with Crippen LogP contribution < -0.4 is 10.1 Å². The highest BCUT2D eigenvalue weighted by molar-refractivity contribution is 9.10. The fraction of sp³-hybridized carbons (Fsp3) is 0.158. The lowest BCUT2D eigenvalue weighted by atomic mass is 10.1. The van der Waals surface area contributed by atoms with Crippen LogP contribution in [0.4, 0.5) is 5.69 Å². The molecule has 0 radical (unpaired) electrons. The highest BCUT2D eigenvalue weighted by atomic mass is 79.9. The van der Waals surface area contributed by atoms with Crippen molar-refractivity contribution in [3.05, 3.63) is 63.6 Å². The van der Waals surface area contributed by atoms with E-state index < -0.39 is 11.7 Å². The second-order valence-electron chi connectivity index (χ2n) is 5.50. The molecule has 0 aliphatic carbocycles. The molecule has 5 nitrogen and oxygen atoms in total. The Morgan fingerprint density at radius 2 is 1.84 bits per heavy atom. The molecule has 130 valence electrons. The minimum absolute atomic E-state index is 0.307. The lowest BCUT2D eigenvalue weighted by Gasteiger charge is -2.09. The van der Waals surface area contributed by atoms with E-state index in [1.807, 2.05) is 19.9 Å². The van der Waals surface area contributed by atoms with Crippen molar-refractivity contribution in [1.29, 1.82) is 0 Å². The molecule has 1 amide bonds. The Labute approximate surface area is 154 Å². The third-order valence-corrected chi connectivity index (χ3v) is 4.34. The molecule has 0 spiro atoms. The molecule has 0 saturated heterocycles. The summed E-state index contributed by atoms with van der Waals surface area (Å²) in [5, 5.41) is 12.6. The quantitative estimate of drug-likeness (QED) is 0.445. The summed E-state index contributed by atoms with van der Waals surface area (Å²) < 4.78 is 5.74. The van der Waals surface area contributed by atoms with Crippen molar-refractivity contribution in [2.24, 2.45) is 0 Å². The number of hydrogen-bond donors (Lipinski definition) is 2. The maximum Gasteiger partial charge on any atom is 0.296 e. The number of amides is 1. The van der Waals surface area contributed by atoms with Gasteiger partial charge < -0.3 is 15.2 Å². The van der Waals surface area contributed by atoms with Crippen LogP contribution in [0.5, 0.6) is 5.75 Å². The van der Waals surface area contributed by atoms with Crippen molar-refractivity contribution >= 4 is 39.1 Å². The normalized spacial score (nSPS) is 11.1. The standard InChI is InChI=1S/C19H18BrNO4/c1-11-7-15(20)16(8-12(11)2)21-19(24)18(23)10-17(22)13-5-4-6-14(9-13)25-3/h4-10,22H,1-3H3,(H,21,24). The zero-order valence-electron chi connectivity index (χ0n) is 14.1. The second kappa shape index (κ2) is 7.98. The maximum atomic E-state index is 12.1. The summed E-state index contributed by atoms with van der Waals surface area (Å²) in [6.07, 6.45) is 0.888. The van der Waals surface area contributed by atoms with E-state index in [1.54, 1.807) is 30.3 Å². The molecule has 0 aliphatic rings. The SMILES string of the molecule is COc1cccc(C(O)=CC(=O)C(=O)Nc2cc(C)c(C)cc2Br)c1. The summed E-state index contributed by atoms with van der Waals surface area (Å²) >= 11 is 3.36. The van der Waals surface area contributed by atoms with Gasteiger partial charge in [0.05, 0.1) is 12.8 Å². The van der Waals surface area contributed by atoms with E-state index in [9.17, 15) is 14.7 Å². The first-order valence-corrected chi connectivity index (χ1v) is 8.28. The third kappa shape index (κ3) is 4.70. The second-order valence-corrected chi connectivity index (χ2v) is 6.35. The number of carbonyl (C=O) groups excluding carboxylic acids is 2. The molecule has 0 fully saturated rings. The summed E-state index contributed by atoms with van der Waals surface area (Å²) in [5.41, 5.74) is 2.93. The van der Waals surface area contributed by atoms with Gasteiger partial charge in [0.2, 0.25) is 5.78 Å². The third-order valence-electron chi connectivity index (χ3n) is 3.69. The highest BCUT2D eigenvalue weighted by Gasteiger charge is 2.15. The minimum atomic E-state index is -0.856. The Morgan fingerprint density at radius 3 is 2.52 bits per heavy atom. The van der Waals surface area contributed by atoms with E-state index in [2.05, 4.69) is 21.2 Å². The minimum Gasteiger partial charge on any atom is -0.507 e. The van der Waals surface area contributed by atoms with Gasteiger partial charge in [-0.1, -0.05) is 12.1 Å². The first-order valence-electron chi connectivity index (χ1n) is 7.49. The average molecular weight is 404 g/mol. The number of anilines is 1. The molecular weight excluding hydrogens is 386 g/mol. The van der Waals surface area contributed by atoms with Gasteiger partial charge in [0.1, 0.15) is 11.5 Å². The number of aryl methyl sites for hydroxylation is 2. The number of aliphatic hydroxyl groups is 1. The summed E-state index contributed by atoms with van der Waals surface area (Å²) in [6, 6.07) is 10.2. The summed E-state index contributed by atoms with van der Waals surface area (Å²) in [7, 11) is 1.50. The van der Waals surface area contributed by atoms with E-state index in [0.717, 1.165) is 17.2 Å². The van der Waals surface area contributed by atoms with Gasteiger partial charge >= 0.3 is 0 Å². The Balaban J connectivity index is 2.17. The predicted octanol–water partition coefficient (Wildman–Crippen LogP) is 4.18. The fourth-order valence-corrected chi connectivity index (χ4v) is 2.67. The van der Waals surface area contributed by atoms with Crippen molar-refractivity contribution in [3.63, 3.8) is 0 Å². The van der Waals surface area contributed by atoms with Crippen molar-refractivity contribution in [3.8, 4) is 5.75 Å². The summed E-state index contributed by atoms with van der Waals surface area (Å²) in [5.74, 6) is -1.46. The van der Waals surface area contributed by atoms with Gasteiger partial charge in [-0.2, -0.15) is 0 Å². The number of nitrogens with one attached hydrogen (secondary N) is 1. The highest BCUT2D eigenvalue weighted by Crippen LogP contribution is 2.26. The largest absolute Gasteiger partial charge is 0.507 e. The molecule has 0 aliphatic heterocycles. The molecule has 6 heteroatoms. The van der Waals surface area contributed by atoms with Crippen LogP contribution in [0.2, 0.25) is 0 Å². The number of ketones is 1. The Kier molecular flexibility index (Phi) is 5.98. The van der Waals surface area contributed by atoms with E-state index >= 15 is 0 Å². The Hall–Kier alpha value is -2.60. The lowest BCUT2D eigenvalue weighted by Crippen LogP contribution is -2.21. The van der Waals surface area contributed by atoms with E-state index in [0.29, 0.717) is 21.5 Å². The number of hydrogen-bond acceptors (Lipinski definition) is 4. The van der Waals surface area contributed by atoms with Gasteiger partial charge in [-0.3, -0.25) is 9.59 Å². The van der Waals surface area contributed by atoms with Crippen molar-refractivity contribution < 1.29 is 19.4 Å². The van der Waals surface area contributed by atoms with Gasteiger partial charge in [0.15, 0.2) is 0 Å². The monoisotopic (exact) mass is 403 g/mol. The van der Waals surface area contributed by atoms with E-state index in [-0.39, 0.29) is 5.76 Å². The van der Waals surface area contributed by atoms with Crippen LogP contribution in [-0.4, -0.2) is 23.9 Å². The molecule has 0 heterocycles. The van der Waals surface area contributed by atoms with Gasteiger partial charge in [-0.15, -0.1) is 0 Å².